The third-order valence-electron chi connectivity index (χ3n) is 3.46. The number of hydrogen-bond donors (Lipinski definition) is 0. The summed E-state index contributed by atoms with van der Waals surface area (Å²) in [6, 6.07) is 6.76. The predicted octanol–water partition coefficient (Wildman–Crippen LogP) is 1.65. The number of rotatable bonds is 2. The van der Waals surface area contributed by atoms with E-state index < -0.39 is 4.92 Å². The van der Waals surface area contributed by atoms with E-state index in [1.54, 1.807) is 19.1 Å². The summed E-state index contributed by atoms with van der Waals surface area (Å²) >= 11 is 0. The van der Waals surface area contributed by atoms with Crippen LogP contribution in [0, 0.1) is 10.1 Å². The van der Waals surface area contributed by atoms with Crippen LogP contribution in [-0.2, 0) is 4.79 Å². The maximum absolute atomic E-state index is 11.3. The Bertz CT molecular complexity index is 486. The molecule has 1 amide bonds. The first-order valence-corrected chi connectivity index (χ1v) is 6.25. The van der Waals surface area contributed by atoms with Gasteiger partial charge in [0.1, 0.15) is 0 Å². The molecule has 0 spiro atoms. The number of nitro benzene ring substituents is 1. The molecule has 1 unspecified atom stereocenters. The highest BCUT2D eigenvalue weighted by atomic mass is 16.6. The van der Waals surface area contributed by atoms with Gasteiger partial charge in [-0.15, -0.1) is 0 Å². The zero-order chi connectivity index (χ0) is 14.0. The van der Waals surface area contributed by atoms with Gasteiger partial charge in [0.05, 0.1) is 4.92 Å². The van der Waals surface area contributed by atoms with Crippen LogP contribution in [0.25, 0.3) is 0 Å². The minimum absolute atomic E-state index is 0.0928. The topological polar surface area (TPSA) is 66.7 Å². The Morgan fingerprint density at radius 2 is 1.95 bits per heavy atom. The van der Waals surface area contributed by atoms with Crippen molar-refractivity contribution in [1.82, 2.24) is 4.90 Å². The van der Waals surface area contributed by atoms with E-state index in [0.29, 0.717) is 13.1 Å². The second-order valence-corrected chi connectivity index (χ2v) is 4.78. The van der Waals surface area contributed by atoms with Gasteiger partial charge in [-0.3, -0.25) is 14.9 Å². The molecule has 6 nitrogen and oxygen atoms in total. The lowest BCUT2D eigenvalue weighted by molar-refractivity contribution is -0.384. The molecule has 102 valence electrons. The van der Waals surface area contributed by atoms with E-state index in [9.17, 15) is 14.9 Å². The molecule has 1 aliphatic rings. The highest BCUT2D eigenvalue weighted by Crippen LogP contribution is 2.23. The second kappa shape index (κ2) is 5.26. The number of benzene rings is 1. The Morgan fingerprint density at radius 3 is 2.42 bits per heavy atom. The largest absolute Gasteiger partial charge is 0.365 e. The highest BCUT2D eigenvalue weighted by molar-refractivity contribution is 5.73. The van der Waals surface area contributed by atoms with Crippen LogP contribution < -0.4 is 4.90 Å². The van der Waals surface area contributed by atoms with Crippen LogP contribution in [0.3, 0.4) is 0 Å². The third-order valence-corrected chi connectivity index (χ3v) is 3.46. The third kappa shape index (κ3) is 2.83. The summed E-state index contributed by atoms with van der Waals surface area (Å²) in [5.41, 5.74) is 1.06. The van der Waals surface area contributed by atoms with Crippen molar-refractivity contribution in [3.63, 3.8) is 0 Å². The van der Waals surface area contributed by atoms with Gasteiger partial charge in [-0.1, -0.05) is 0 Å². The predicted molar refractivity (Wildman–Crippen MR) is 72.2 cm³/mol. The van der Waals surface area contributed by atoms with Gasteiger partial charge in [0.15, 0.2) is 0 Å². The van der Waals surface area contributed by atoms with Crippen molar-refractivity contribution in [2.75, 3.05) is 24.5 Å². The lowest BCUT2D eigenvalue weighted by Gasteiger charge is -2.40. The van der Waals surface area contributed by atoms with Crippen molar-refractivity contribution in [2.45, 2.75) is 19.9 Å². The number of hydrogen-bond acceptors (Lipinski definition) is 4. The molecule has 1 atom stereocenters. The van der Waals surface area contributed by atoms with Crippen LogP contribution in [-0.4, -0.2) is 41.4 Å². The number of non-ortho nitro benzene ring substituents is 1. The highest BCUT2D eigenvalue weighted by Gasteiger charge is 2.25. The average Bonchev–Trinajstić information content (AvgIpc) is 2.38. The van der Waals surface area contributed by atoms with Crippen molar-refractivity contribution >= 4 is 17.3 Å². The van der Waals surface area contributed by atoms with Gasteiger partial charge in [0, 0.05) is 50.4 Å². The Morgan fingerprint density at radius 1 is 1.32 bits per heavy atom. The fourth-order valence-corrected chi connectivity index (χ4v) is 2.39. The van der Waals surface area contributed by atoms with Gasteiger partial charge in [0.2, 0.25) is 5.91 Å². The maximum Gasteiger partial charge on any atom is 0.269 e. The number of nitrogens with zero attached hydrogens (tertiary/aromatic N) is 3. The number of carbonyl (C=O) groups excluding carboxylic acids is 1. The molecule has 1 aromatic carbocycles. The number of anilines is 1. The fourth-order valence-electron chi connectivity index (χ4n) is 2.39. The number of nitro groups is 1. The van der Waals surface area contributed by atoms with Crippen LogP contribution in [0.5, 0.6) is 0 Å². The second-order valence-electron chi connectivity index (χ2n) is 4.78. The lowest BCUT2D eigenvalue weighted by atomic mass is 10.1. The summed E-state index contributed by atoms with van der Waals surface area (Å²) in [6.07, 6.45) is 0. The van der Waals surface area contributed by atoms with Crippen LogP contribution in [0.15, 0.2) is 24.3 Å². The summed E-state index contributed by atoms with van der Waals surface area (Å²) < 4.78 is 0. The normalized spacial score (nSPS) is 19.4. The molecule has 1 fully saturated rings. The Labute approximate surface area is 111 Å². The maximum atomic E-state index is 11.3. The molecule has 0 bridgehead atoms. The fraction of sp³-hybridized carbons (Fsp3) is 0.462. The van der Waals surface area contributed by atoms with Crippen LogP contribution in [0.1, 0.15) is 13.8 Å². The minimum Gasteiger partial charge on any atom is -0.365 e. The molecule has 0 radical (unpaired) electrons. The lowest BCUT2D eigenvalue weighted by Crippen LogP contribution is -2.53. The summed E-state index contributed by atoms with van der Waals surface area (Å²) in [5, 5.41) is 10.6. The molecule has 0 aromatic heterocycles. The van der Waals surface area contributed by atoms with Gasteiger partial charge < -0.3 is 9.80 Å². The van der Waals surface area contributed by atoms with Crippen LogP contribution >= 0.6 is 0 Å². The van der Waals surface area contributed by atoms with Crippen molar-refractivity contribution in [3.8, 4) is 0 Å². The van der Waals surface area contributed by atoms with E-state index in [4.69, 9.17) is 0 Å². The first-order chi connectivity index (χ1) is 8.99. The first-order valence-electron chi connectivity index (χ1n) is 6.25. The first kappa shape index (κ1) is 13.3. The van der Waals surface area contributed by atoms with Crippen LogP contribution in [0.2, 0.25) is 0 Å². The zero-order valence-electron chi connectivity index (χ0n) is 11.1. The van der Waals surface area contributed by atoms with Crippen molar-refractivity contribution < 1.29 is 9.72 Å². The molecule has 1 aliphatic heterocycles. The van der Waals surface area contributed by atoms with E-state index >= 15 is 0 Å². The molecule has 19 heavy (non-hydrogen) atoms. The molecule has 1 aromatic rings. The molecule has 0 aliphatic carbocycles. The van der Waals surface area contributed by atoms with Crippen molar-refractivity contribution in [2.24, 2.45) is 0 Å². The van der Waals surface area contributed by atoms with Gasteiger partial charge in [-0.05, 0) is 19.1 Å². The Hall–Kier alpha value is -2.11. The Kier molecular flexibility index (Phi) is 3.69. The summed E-state index contributed by atoms with van der Waals surface area (Å²) in [6.45, 7) is 5.76. The number of amides is 1. The molecule has 1 heterocycles. The number of piperazine rings is 1. The van der Waals surface area contributed by atoms with E-state index in [1.165, 1.54) is 12.1 Å². The van der Waals surface area contributed by atoms with E-state index in [-0.39, 0.29) is 17.6 Å². The quantitative estimate of drug-likeness (QED) is 0.601. The van der Waals surface area contributed by atoms with Gasteiger partial charge in [-0.2, -0.15) is 0 Å². The molecule has 0 saturated carbocycles. The number of carbonyl (C=O) groups is 1. The summed E-state index contributed by atoms with van der Waals surface area (Å²) in [7, 11) is 0. The van der Waals surface area contributed by atoms with Gasteiger partial charge in [0.25, 0.3) is 5.69 Å². The van der Waals surface area contributed by atoms with E-state index in [2.05, 4.69) is 11.8 Å². The molecular weight excluding hydrogens is 246 g/mol. The zero-order valence-corrected chi connectivity index (χ0v) is 11.1. The van der Waals surface area contributed by atoms with Crippen molar-refractivity contribution in [1.29, 1.82) is 0 Å². The SMILES string of the molecule is CC(=O)N1CCN(c2ccc([N+](=O)[O-])cc2)C(C)C1. The van der Waals surface area contributed by atoms with Gasteiger partial charge >= 0.3 is 0 Å². The van der Waals surface area contributed by atoms with Gasteiger partial charge in [-0.25, -0.2) is 0 Å². The smallest absolute Gasteiger partial charge is 0.269 e. The average molecular weight is 263 g/mol. The molecule has 0 N–H and O–H groups in total. The Balaban J connectivity index is 2.10. The summed E-state index contributed by atoms with van der Waals surface area (Å²) in [4.78, 5) is 25.6. The van der Waals surface area contributed by atoms with E-state index in [0.717, 1.165) is 12.2 Å². The standard InChI is InChI=1S/C13H17N3O3/c1-10-9-14(11(2)17)7-8-15(10)12-3-5-13(6-4-12)16(18)19/h3-6,10H,7-9H2,1-2H3. The van der Waals surface area contributed by atoms with Crippen LogP contribution in [0.4, 0.5) is 11.4 Å². The molecular formula is C13H17N3O3. The summed E-state index contributed by atoms with van der Waals surface area (Å²) in [5.74, 6) is 0.0928. The molecule has 2 rings (SSSR count). The monoisotopic (exact) mass is 263 g/mol. The molecule has 6 heteroatoms. The molecule has 1 saturated heterocycles. The van der Waals surface area contributed by atoms with E-state index in [1.807, 2.05) is 4.90 Å². The van der Waals surface area contributed by atoms with Crippen molar-refractivity contribution in [3.05, 3.63) is 34.4 Å². The minimum atomic E-state index is -0.402.